The molecule has 19 heavy (non-hydrogen) atoms. The van der Waals surface area contributed by atoms with Crippen LogP contribution in [-0.2, 0) is 0 Å². The van der Waals surface area contributed by atoms with Gasteiger partial charge in [-0.2, -0.15) is 0 Å². The Morgan fingerprint density at radius 2 is 1.84 bits per heavy atom. The Balaban J connectivity index is 2.21. The van der Waals surface area contributed by atoms with Gasteiger partial charge in [0, 0.05) is 0 Å². The van der Waals surface area contributed by atoms with E-state index in [0.717, 1.165) is 11.1 Å². The van der Waals surface area contributed by atoms with Crippen molar-refractivity contribution < 1.29 is 9.90 Å². The van der Waals surface area contributed by atoms with Crippen LogP contribution in [0.25, 0.3) is 6.08 Å². The lowest BCUT2D eigenvalue weighted by Gasteiger charge is -2.01. The van der Waals surface area contributed by atoms with Crippen molar-refractivity contribution in [1.29, 1.82) is 0 Å². The van der Waals surface area contributed by atoms with Crippen molar-refractivity contribution in [3.63, 3.8) is 0 Å². The largest absolute Gasteiger partial charge is 0.506 e. The molecule has 0 spiro atoms. The summed E-state index contributed by atoms with van der Waals surface area (Å²) in [4.78, 5) is 12.0. The summed E-state index contributed by atoms with van der Waals surface area (Å²) in [7, 11) is 0. The number of benzene rings is 2. The lowest BCUT2D eigenvalue weighted by Crippen LogP contribution is -1.94. The highest BCUT2D eigenvalue weighted by molar-refractivity contribution is 6.32. The first-order valence-corrected chi connectivity index (χ1v) is 6.22. The van der Waals surface area contributed by atoms with E-state index in [1.165, 1.54) is 12.1 Å². The number of carbonyl (C=O) groups excluding carboxylic acids is 1. The number of phenols is 1. The highest BCUT2D eigenvalue weighted by Crippen LogP contribution is 2.27. The van der Waals surface area contributed by atoms with Crippen LogP contribution in [-0.4, -0.2) is 10.9 Å². The number of halogens is 1. The summed E-state index contributed by atoms with van der Waals surface area (Å²) in [5.41, 5.74) is 2.30. The fraction of sp³-hybridized carbons (Fsp3) is 0.0625. The second-order valence-corrected chi connectivity index (χ2v) is 4.65. The van der Waals surface area contributed by atoms with E-state index in [1.54, 1.807) is 18.2 Å². The molecular weight excluding hydrogens is 260 g/mol. The third kappa shape index (κ3) is 3.24. The van der Waals surface area contributed by atoms with Gasteiger partial charge in [0.25, 0.3) is 0 Å². The number of aryl methyl sites for hydroxylation is 1. The maximum atomic E-state index is 12.0. The molecule has 0 atom stereocenters. The molecular formula is C16H13ClO2. The van der Waals surface area contributed by atoms with E-state index < -0.39 is 0 Å². The third-order valence-corrected chi connectivity index (χ3v) is 3.06. The van der Waals surface area contributed by atoms with E-state index in [4.69, 9.17) is 11.6 Å². The Bertz CT molecular complexity index is 628. The first-order valence-electron chi connectivity index (χ1n) is 5.84. The summed E-state index contributed by atoms with van der Waals surface area (Å²) >= 11 is 5.77. The summed E-state index contributed by atoms with van der Waals surface area (Å²) in [6.07, 6.45) is 3.14. The minimum absolute atomic E-state index is 0.176. The van der Waals surface area contributed by atoms with E-state index in [2.05, 4.69) is 0 Å². The van der Waals surface area contributed by atoms with Crippen LogP contribution in [0, 0.1) is 6.92 Å². The predicted molar refractivity (Wildman–Crippen MR) is 77.7 cm³/mol. The molecule has 2 rings (SSSR count). The van der Waals surface area contributed by atoms with E-state index in [1.807, 2.05) is 31.2 Å². The van der Waals surface area contributed by atoms with Crippen LogP contribution in [0.4, 0.5) is 0 Å². The highest BCUT2D eigenvalue weighted by atomic mass is 35.5. The third-order valence-electron chi connectivity index (χ3n) is 2.76. The molecule has 0 saturated heterocycles. The van der Waals surface area contributed by atoms with Crippen molar-refractivity contribution in [3.8, 4) is 5.75 Å². The van der Waals surface area contributed by atoms with Gasteiger partial charge in [0.1, 0.15) is 5.75 Å². The lowest BCUT2D eigenvalue weighted by atomic mass is 10.1. The Morgan fingerprint density at radius 3 is 2.53 bits per heavy atom. The summed E-state index contributed by atoms with van der Waals surface area (Å²) in [6, 6.07) is 12.5. The molecule has 3 heteroatoms. The van der Waals surface area contributed by atoms with Gasteiger partial charge >= 0.3 is 0 Å². The van der Waals surface area contributed by atoms with Gasteiger partial charge in [-0.1, -0.05) is 53.6 Å². The number of phenolic OH excluding ortho intramolecular Hbond substituents is 1. The van der Waals surface area contributed by atoms with Crippen molar-refractivity contribution in [1.82, 2.24) is 0 Å². The number of ketones is 1. The van der Waals surface area contributed by atoms with Crippen LogP contribution in [0.2, 0.25) is 5.02 Å². The molecule has 1 N–H and O–H groups in total. The summed E-state index contributed by atoms with van der Waals surface area (Å²) in [6.45, 7) is 2.00. The van der Waals surface area contributed by atoms with Crippen molar-refractivity contribution >= 4 is 23.5 Å². The van der Waals surface area contributed by atoms with Gasteiger partial charge < -0.3 is 5.11 Å². The Hall–Kier alpha value is -2.06. The van der Waals surface area contributed by atoms with Crippen LogP contribution in [0.1, 0.15) is 21.5 Å². The number of allylic oxidation sites excluding steroid dienone is 1. The molecule has 0 saturated carbocycles. The molecule has 0 radical (unpaired) electrons. The summed E-state index contributed by atoms with van der Waals surface area (Å²) in [5, 5.41) is 9.89. The number of para-hydroxylation sites is 1. The average molecular weight is 273 g/mol. The van der Waals surface area contributed by atoms with Gasteiger partial charge in [-0.25, -0.2) is 0 Å². The smallest absolute Gasteiger partial charge is 0.189 e. The molecule has 2 nitrogen and oxygen atoms in total. The number of hydrogen-bond acceptors (Lipinski definition) is 2. The monoisotopic (exact) mass is 272 g/mol. The topological polar surface area (TPSA) is 37.3 Å². The van der Waals surface area contributed by atoms with Gasteiger partial charge in [-0.05, 0) is 30.7 Å². The Labute approximate surface area is 117 Å². The minimum Gasteiger partial charge on any atom is -0.506 e. The maximum Gasteiger partial charge on any atom is 0.189 e. The standard InChI is InChI=1S/C16H13ClO2/c1-11-5-7-12(8-6-11)9-10-15(18)13-3-2-4-14(17)16(13)19/h2-10,19H,1H3. The molecule has 0 aliphatic rings. The first-order chi connectivity index (χ1) is 9.08. The SMILES string of the molecule is Cc1ccc(C=CC(=O)c2cccc(Cl)c2O)cc1. The molecule has 0 fully saturated rings. The second kappa shape index (κ2) is 5.72. The van der Waals surface area contributed by atoms with Gasteiger partial charge in [0.15, 0.2) is 5.78 Å². The van der Waals surface area contributed by atoms with Crippen LogP contribution in [0.15, 0.2) is 48.5 Å². The summed E-state index contributed by atoms with van der Waals surface area (Å²) in [5.74, 6) is -0.455. The van der Waals surface area contributed by atoms with Crippen molar-refractivity contribution in [2.24, 2.45) is 0 Å². The normalized spacial score (nSPS) is 10.8. The van der Waals surface area contributed by atoms with Gasteiger partial charge in [-0.15, -0.1) is 0 Å². The zero-order chi connectivity index (χ0) is 13.8. The fourth-order valence-electron chi connectivity index (χ4n) is 1.65. The molecule has 2 aromatic carbocycles. The van der Waals surface area contributed by atoms with Crippen molar-refractivity contribution in [3.05, 3.63) is 70.3 Å². The van der Waals surface area contributed by atoms with Gasteiger partial charge in [-0.3, -0.25) is 4.79 Å². The second-order valence-electron chi connectivity index (χ2n) is 4.24. The number of rotatable bonds is 3. The van der Waals surface area contributed by atoms with Crippen LogP contribution >= 0.6 is 11.6 Å². The Morgan fingerprint density at radius 1 is 1.16 bits per heavy atom. The van der Waals surface area contributed by atoms with E-state index in [0.29, 0.717) is 0 Å². The van der Waals surface area contributed by atoms with Gasteiger partial charge in [0.2, 0.25) is 0 Å². The molecule has 0 amide bonds. The van der Waals surface area contributed by atoms with Crippen LogP contribution in [0.5, 0.6) is 5.75 Å². The minimum atomic E-state index is -0.277. The average Bonchev–Trinajstić information content (AvgIpc) is 2.41. The molecule has 0 aromatic heterocycles. The predicted octanol–water partition coefficient (Wildman–Crippen LogP) is 4.25. The fourth-order valence-corrected chi connectivity index (χ4v) is 1.83. The lowest BCUT2D eigenvalue weighted by molar-refractivity contribution is 0.104. The maximum absolute atomic E-state index is 12.0. The van der Waals surface area contributed by atoms with Crippen LogP contribution < -0.4 is 0 Å². The van der Waals surface area contributed by atoms with Gasteiger partial charge in [0.05, 0.1) is 10.6 Å². The molecule has 0 aliphatic heterocycles. The number of aromatic hydroxyl groups is 1. The highest BCUT2D eigenvalue weighted by Gasteiger charge is 2.10. The zero-order valence-corrected chi connectivity index (χ0v) is 11.2. The molecule has 2 aromatic rings. The number of hydrogen-bond donors (Lipinski definition) is 1. The zero-order valence-electron chi connectivity index (χ0n) is 10.4. The van der Waals surface area contributed by atoms with Crippen molar-refractivity contribution in [2.45, 2.75) is 6.92 Å². The van der Waals surface area contributed by atoms with Crippen LogP contribution in [0.3, 0.4) is 0 Å². The molecule has 0 aliphatic carbocycles. The Kier molecular flexibility index (Phi) is 4.03. The number of carbonyl (C=O) groups is 1. The molecule has 0 bridgehead atoms. The molecule has 96 valence electrons. The quantitative estimate of drug-likeness (QED) is 0.670. The van der Waals surface area contributed by atoms with E-state index in [-0.39, 0.29) is 22.1 Å². The first kappa shape index (κ1) is 13.4. The van der Waals surface area contributed by atoms with E-state index in [9.17, 15) is 9.90 Å². The molecule has 0 heterocycles. The van der Waals surface area contributed by atoms with E-state index >= 15 is 0 Å². The molecule has 0 unspecified atom stereocenters. The summed E-state index contributed by atoms with van der Waals surface area (Å²) < 4.78 is 0. The van der Waals surface area contributed by atoms with Crippen molar-refractivity contribution in [2.75, 3.05) is 0 Å².